The monoisotopic (exact) mass is 460 g/mol. The average Bonchev–Trinajstić information content (AvgIpc) is 2.88. The van der Waals surface area contributed by atoms with Crippen molar-refractivity contribution in [1.82, 2.24) is 19.9 Å². The molecule has 3 aromatic heterocycles. The molecule has 0 unspecified atom stereocenters. The fourth-order valence-electron chi connectivity index (χ4n) is 4.38. The Morgan fingerprint density at radius 2 is 1.54 bits per heavy atom. The molecule has 6 nitrogen and oxygen atoms in total. The van der Waals surface area contributed by atoms with Crippen LogP contribution in [0, 0.1) is 6.92 Å². The number of hydrogen-bond acceptors (Lipinski definition) is 6. The van der Waals surface area contributed by atoms with E-state index in [0.29, 0.717) is 18.2 Å². The summed E-state index contributed by atoms with van der Waals surface area (Å²) in [7, 11) is 0. The molecule has 0 atom stereocenters. The molecular weight excluding hydrogens is 432 g/mol. The number of hydrogen-bond donors (Lipinski definition) is 2. The van der Waals surface area contributed by atoms with Crippen LogP contribution in [0.4, 0.5) is 11.6 Å². The SMILES string of the molecule is Cc1cccnc1C(C)(C)CNc1nc(-c2ccc3ncccc3c2)c(-c2ccccc2)nc1N. The molecule has 0 aliphatic rings. The van der Waals surface area contributed by atoms with E-state index in [2.05, 4.69) is 54.3 Å². The molecule has 0 amide bonds. The Morgan fingerprint density at radius 1 is 0.800 bits per heavy atom. The molecule has 6 heteroatoms. The molecule has 0 saturated heterocycles. The molecule has 2 aromatic carbocycles. The first-order valence-electron chi connectivity index (χ1n) is 11.7. The van der Waals surface area contributed by atoms with Crippen LogP contribution in [0.25, 0.3) is 33.4 Å². The number of aryl methyl sites for hydroxylation is 1. The van der Waals surface area contributed by atoms with Crippen molar-refractivity contribution in [3.8, 4) is 22.5 Å². The van der Waals surface area contributed by atoms with Gasteiger partial charge in [-0.2, -0.15) is 0 Å². The van der Waals surface area contributed by atoms with Gasteiger partial charge in [-0.3, -0.25) is 9.97 Å². The highest BCUT2D eigenvalue weighted by molar-refractivity contribution is 5.88. The first-order chi connectivity index (χ1) is 16.9. The lowest BCUT2D eigenvalue weighted by Gasteiger charge is -2.26. The van der Waals surface area contributed by atoms with E-state index in [4.69, 9.17) is 15.7 Å². The summed E-state index contributed by atoms with van der Waals surface area (Å²) < 4.78 is 0. The number of pyridine rings is 2. The number of nitrogens with zero attached hydrogens (tertiary/aromatic N) is 4. The predicted molar refractivity (Wildman–Crippen MR) is 143 cm³/mol. The first kappa shape index (κ1) is 22.5. The molecule has 0 aliphatic carbocycles. The average molecular weight is 461 g/mol. The zero-order valence-electron chi connectivity index (χ0n) is 20.2. The summed E-state index contributed by atoms with van der Waals surface area (Å²) in [5, 5.41) is 4.50. The van der Waals surface area contributed by atoms with Crippen molar-refractivity contribution in [2.45, 2.75) is 26.2 Å². The van der Waals surface area contributed by atoms with Crippen LogP contribution in [-0.2, 0) is 5.41 Å². The van der Waals surface area contributed by atoms with Crippen molar-refractivity contribution in [2.75, 3.05) is 17.6 Å². The molecule has 5 rings (SSSR count). The fraction of sp³-hybridized carbons (Fsp3) is 0.172. The van der Waals surface area contributed by atoms with Gasteiger partial charge >= 0.3 is 0 Å². The number of rotatable bonds is 6. The second-order valence-corrected chi connectivity index (χ2v) is 9.34. The molecule has 174 valence electrons. The van der Waals surface area contributed by atoms with Gasteiger partial charge in [0.05, 0.1) is 22.6 Å². The number of fused-ring (bicyclic) bond motifs is 1. The highest BCUT2D eigenvalue weighted by Gasteiger charge is 2.25. The van der Waals surface area contributed by atoms with E-state index in [0.717, 1.165) is 44.7 Å². The molecule has 0 radical (unpaired) electrons. The van der Waals surface area contributed by atoms with E-state index in [1.54, 1.807) is 6.20 Å². The summed E-state index contributed by atoms with van der Waals surface area (Å²) in [4.78, 5) is 18.9. The van der Waals surface area contributed by atoms with Crippen LogP contribution in [0.3, 0.4) is 0 Å². The highest BCUT2D eigenvalue weighted by Crippen LogP contribution is 2.34. The lowest BCUT2D eigenvalue weighted by molar-refractivity contribution is 0.534. The van der Waals surface area contributed by atoms with Gasteiger partial charge < -0.3 is 11.1 Å². The minimum atomic E-state index is -0.230. The summed E-state index contributed by atoms with van der Waals surface area (Å²) in [6.07, 6.45) is 3.63. The summed E-state index contributed by atoms with van der Waals surface area (Å²) in [5.41, 5.74) is 12.8. The maximum absolute atomic E-state index is 6.43. The first-order valence-corrected chi connectivity index (χ1v) is 11.7. The molecule has 0 aliphatic heterocycles. The lowest BCUT2D eigenvalue weighted by atomic mass is 9.86. The van der Waals surface area contributed by atoms with E-state index in [1.165, 1.54) is 0 Å². The van der Waals surface area contributed by atoms with Crippen LogP contribution in [0.15, 0.2) is 85.2 Å². The zero-order chi connectivity index (χ0) is 24.4. The van der Waals surface area contributed by atoms with Gasteiger partial charge in [0.2, 0.25) is 0 Å². The van der Waals surface area contributed by atoms with Crippen LogP contribution in [-0.4, -0.2) is 26.5 Å². The van der Waals surface area contributed by atoms with Gasteiger partial charge in [0.1, 0.15) is 0 Å². The molecular formula is C29H28N6. The van der Waals surface area contributed by atoms with E-state index >= 15 is 0 Å². The van der Waals surface area contributed by atoms with Crippen LogP contribution >= 0.6 is 0 Å². The number of nitrogens with one attached hydrogen (secondary N) is 1. The smallest absolute Gasteiger partial charge is 0.169 e. The number of aromatic nitrogens is 4. The second kappa shape index (κ2) is 9.14. The van der Waals surface area contributed by atoms with Gasteiger partial charge in [0, 0.05) is 40.9 Å². The van der Waals surface area contributed by atoms with E-state index < -0.39 is 0 Å². The van der Waals surface area contributed by atoms with Crippen molar-refractivity contribution in [1.29, 1.82) is 0 Å². The minimum absolute atomic E-state index is 0.230. The standard InChI is InChI=1S/C29H28N6/c1-19-9-7-16-32-26(19)29(2,3)18-33-28-27(30)34-24(20-10-5-4-6-11-20)25(35-28)22-13-14-23-21(17-22)12-8-15-31-23/h4-17H,18H2,1-3H3,(H2,30,34)(H,33,35). The quantitative estimate of drug-likeness (QED) is 0.321. The normalized spacial score (nSPS) is 11.5. The largest absolute Gasteiger partial charge is 0.381 e. The lowest BCUT2D eigenvalue weighted by Crippen LogP contribution is -2.30. The molecule has 0 saturated carbocycles. The maximum atomic E-state index is 6.43. The number of anilines is 2. The Balaban J connectivity index is 1.57. The molecule has 3 heterocycles. The summed E-state index contributed by atoms with van der Waals surface area (Å²) in [6, 6.07) is 24.2. The van der Waals surface area contributed by atoms with Crippen molar-refractivity contribution >= 4 is 22.5 Å². The Hall–Kier alpha value is -4.32. The van der Waals surface area contributed by atoms with Crippen molar-refractivity contribution in [3.05, 3.63) is 96.4 Å². The van der Waals surface area contributed by atoms with Crippen LogP contribution < -0.4 is 11.1 Å². The van der Waals surface area contributed by atoms with Crippen molar-refractivity contribution in [2.24, 2.45) is 0 Å². The van der Waals surface area contributed by atoms with Crippen molar-refractivity contribution in [3.63, 3.8) is 0 Å². The Morgan fingerprint density at radius 3 is 2.34 bits per heavy atom. The van der Waals surface area contributed by atoms with Gasteiger partial charge in [-0.25, -0.2) is 9.97 Å². The molecule has 5 aromatic rings. The third kappa shape index (κ3) is 4.55. The van der Waals surface area contributed by atoms with Crippen LogP contribution in [0.2, 0.25) is 0 Å². The van der Waals surface area contributed by atoms with Gasteiger partial charge in [-0.05, 0) is 36.8 Å². The Bertz CT molecular complexity index is 1490. The zero-order valence-corrected chi connectivity index (χ0v) is 20.2. The molecule has 0 bridgehead atoms. The highest BCUT2D eigenvalue weighted by atomic mass is 15.1. The topological polar surface area (TPSA) is 89.6 Å². The van der Waals surface area contributed by atoms with E-state index in [-0.39, 0.29) is 5.41 Å². The number of benzene rings is 2. The van der Waals surface area contributed by atoms with Gasteiger partial charge in [-0.15, -0.1) is 0 Å². The van der Waals surface area contributed by atoms with Gasteiger partial charge in [0.25, 0.3) is 0 Å². The van der Waals surface area contributed by atoms with Gasteiger partial charge in [0.15, 0.2) is 11.6 Å². The molecule has 0 fully saturated rings. The van der Waals surface area contributed by atoms with Crippen LogP contribution in [0.1, 0.15) is 25.1 Å². The van der Waals surface area contributed by atoms with Crippen LogP contribution in [0.5, 0.6) is 0 Å². The summed E-state index contributed by atoms with van der Waals surface area (Å²) >= 11 is 0. The van der Waals surface area contributed by atoms with E-state index in [9.17, 15) is 0 Å². The summed E-state index contributed by atoms with van der Waals surface area (Å²) in [5.74, 6) is 0.927. The molecule has 35 heavy (non-hydrogen) atoms. The summed E-state index contributed by atoms with van der Waals surface area (Å²) in [6.45, 7) is 7.01. The molecule has 0 spiro atoms. The van der Waals surface area contributed by atoms with Gasteiger partial charge in [-0.1, -0.05) is 62.4 Å². The minimum Gasteiger partial charge on any atom is -0.381 e. The fourth-order valence-corrected chi connectivity index (χ4v) is 4.38. The Labute approximate surface area is 205 Å². The molecule has 3 N–H and O–H groups in total. The third-order valence-electron chi connectivity index (χ3n) is 6.19. The number of nitrogen functional groups attached to an aromatic ring is 1. The van der Waals surface area contributed by atoms with E-state index in [1.807, 2.05) is 60.8 Å². The Kier molecular flexibility index (Phi) is 5.87. The second-order valence-electron chi connectivity index (χ2n) is 9.34. The number of nitrogens with two attached hydrogens (primary N) is 1. The predicted octanol–water partition coefficient (Wildman–Crippen LogP) is 6.03. The van der Waals surface area contributed by atoms with Crippen molar-refractivity contribution < 1.29 is 0 Å². The maximum Gasteiger partial charge on any atom is 0.169 e. The third-order valence-corrected chi connectivity index (χ3v) is 6.19.